The molecule has 2 atom stereocenters. The maximum absolute atomic E-state index is 12.4. The van der Waals surface area contributed by atoms with Gasteiger partial charge in [0.1, 0.15) is 11.1 Å². The summed E-state index contributed by atoms with van der Waals surface area (Å²) < 4.78 is 10.7. The van der Waals surface area contributed by atoms with Crippen molar-refractivity contribution in [2.24, 2.45) is 5.92 Å². The highest BCUT2D eigenvalue weighted by Gasteiger charge is 2.62. The zero-order valence-electron chi connectivity index (χ0n) is 15.0. The molecule has 1 rings (SSSR count). The SMILES string of the molecule is CC[C@H]1C[C@@]1(NC(=O)OCC[Si](C)(C)C)C(=O)OC(C)(C)C. The number of hydrogen-bond acceptors (Lipinski definition) is 4. The number of carbonyl (C=O) groups is 2. The van der Waals surface area contributed by atoms with E-state index in [1.54, 1.807) is 0 Å². The third kappa shape index (κ3) is 5.63. The molecule has 0 spiro atoms. The van der Waals surface area contributed by atoms with E-state index in [0.29, 0.717) is 13.0 Å². The Balaban J connectivity index is 2.58. The molecule has 0 aromatic heterocycles. The highest BCUT2D eigenvalue weighted by Crippen LogP contribution is 2.47. The van der Waals surface area contributed by atoms with Crippen LogP contribution in [0.15, 0.2) is 0 Å². The Morgan fingerprint density at radius 1 is 1.27 bits per heavy atom. The van der Waals surface area contributed by atoms with Crippen LogP contribution in [0.1, 0.15) is 40.5 Å². The Morgan fingerprint density at radius 3 is 2.27 bits per heavy atom. The largest absolute Gasteiger partial charge is 0.458 e. The summed E-state index contributed by atoms with van der Waals surface area (Å²) in [5.74, 6) is -0.221. The fourth-order valence-electron chi connectivity index (χ4n) is 2.31. The second-order valence-corrected chi connectivity index (χ2v) is 14.0. The number of amides is 1. The zero-order valence-corrected chi connectivity index (χ0v) is 16.0. The van der Waals surface area contributed by atoms with Crippen LogP contribution in [0.4, 0.5) is 4.79 Å². The second kappa shape index (κ2) is 6.60. The van der Waals surface area contributed by atoms with Gasteiger partial charge in [-0.1, -0.05) is 33.0 Å². The first kappa shape index (κ1) is 19.0. The van der Waals surface area contributed by atoms with Gasteiger partial charge in [-0.2, -0.15) is 0 Å². The predicted molar refractivity (Wildman–Crippen MR) is 89.6 cm³/mol. The van der Waals surface area contributed by atoms with Crippen molar-refractivity contribution >= 4 is 20.1 Å². The third-order valence-electron chi connectivity index (χ3n) is 3.77. The fraction of sp³-hybridized carbons (Fsp3) is 0.875. The lowest BCUT2D eigenvalue weighted by molar-refractivity contribution is -0.159. The van der Waals surface area contributed by atoms with Gasteiger partial charge in [0.05, 0.1) is 6.61 Å². The smallest absolute Gasteiger partial charge is 0.408 e. The van der Waals surface area contributed by atoms with Gasteiger partial charge in [-0.3, -0.25) is 0 Å². The molecule has 1 N–H and O–H groups in total. The molecule has 22 heavy (non-hydrogen) atoms. The lowest BCUT2D eigenvalue weighted by Crippen LogP contribution is -2.48. The summed E-state index contributed by atoms with van der Waals surface area (Å²) in [6, 6.07) is 0.914. The van der Waals surface area contributed by atoms with Crippen molar-refractivity contribution in [1.29, 1.82) is 0 Å². The molecule has 1 saturated carbocycles. The fourth-order valence-corrected chi connectivity index (χ4v) is 3.03. The maximum atomic E-state index is 12.4. The molecule has 6 heteroatoms. The molecule has 0 saturated heterocycles. The van der Waals surface area contributed by atoms with Crippen molar-refractivity contribution < 1.29 is 19.1 Å². The molecule has 1 amide bonds. The minimum Gasteiger partial charge on any atom is -0.458 e. The van der Waals surface area contributed by atoms with Crippen molar-refractivity contribution in [2.75, 3.05) is 6.61 Å². The number of nitrogens with one attached hydrogen (secondary N) is 1. The third-order valence-corrected chi connectivity index (χ3v) is 5.48. The summed E-state index contributed by atoms with van der Waals surface area (Å²) >= 11 is 0. The molecule has 0 aliphatic heterocycles. The summed E-state index contributed by atoms with van der Waals surface area (Å²) in [6.45, 7) is 14.6. The number of ether oxygens (including phenoxy) is 2. The first-order chi connectivity index (χ1) is 9.89. The molecule has 0 aromatic carbocycles. The Hall–Kier alpha value is -1.04. The van der Waals surface area contributed by atoms with E-state index in [9.17, 15) is 9.59 Å². The van der Waals surface area contributed by atoms with Crippen LogP contribution < -0.4 is 5.32 Å². The second-order valence-electron chi connectivity index (χ2n) is 8.35. The van der Waals surface area contributed by atoms with Crippen LogP contribution in [0.25, 0.3) is 0 Å². The first-order valence-electron chi connectivity index (χ1n) is 8.08. The van der Waals surface area contributed by atoms with Crippen LogP contribution in [-0.4, -0.2) is 37.9 Å². The van der Waals surface area contributed by atoms with E-state index in [-0.39, 0.29) is 11.9 Å². The van der Waals surface area contributed by atoms with Gasteiger partial charge in [-0.25, -0.2) is 9.59 Å². The maximum Gasteiger partial charge on any atom is 0.408 e. The van der Waals surface area contributed by atoms with Gasteiger partial charge in [-0.15, -0.1) is 0 Å². The normalized spacial score (nSPS) is 24.6. The van der Waals surface area contributed by atoms with Crippen LogP contribution in [-0.2, 0) is 14.3 Å². The average molecular weight is 330 g/mol. The highest BCUT2D eigenvalue weighted by molar-refractivity contribution is 6.76. The molecule has 5 nitrogen and oxygen atoms in total. The van der Waals surface area contributed by atoms with Gasteiger partial charge in [0.25, 0.3) is 0 Å². The van der Waals surface area contributed by atoms with Crippen molar-refractivity contribution in [3.05, 3.63) is 0 Å². The van der Waals surface area contributed by atoms with E-state index in [1.165, 1.54) is 0 Å². The topological polar surface area (TPSA) is 64.6 Å². The Morgan fingerprint density at radius 2 is 1.86 bits per heavy atom. The molecule has 0 radical (unpaired) electrons. The zero-order chi connectivity index (χ0) is 17.2. The van der Waals surface area contributed by atoms with E-state index >= 15 is 0 Å². The van der Waals surface area contributed by atoms with E-state index < -0.39 is 25.3 Å². The van der Waals surface area contributed by atoms with Crippen molar-refractivity contribution in [3.63, 3.8) is 0 Å². The van der Waals surface area contributed by atoms with Gasteiger partial charge < -0.3 is 14.8 Å². The van der Waals surface area contributed by atoms with Crippen LogP contribution in [0, 0.1) is 5.92 Å². The molecule has 0 aromatic rings. The summed E-state index contributed by atoms with van der Waals surface area (Å²) in [5, 5.41) is 2.76. The number of rotatable bonds is 6. The minimum atomic E-state index is -1.24. The average Bonchev–Trinajstić information content (AvgIpc) is 2.99. The molecular formula is C16H31NO4Si. The van der Waals surface area contributed by atoms with Gasteiger partial charge in [-0.05, 0) is 39.2 Å². The Bertz CT molecular complexity index is 425. The molecule has 0 heterocycles. The number of carbonyl (C=O) groups excluding carboxylic acids is 2. The van der Waals surface area contributed by atoms with Crippen LogP contribution in [0.3, 0.4) is 0 Å². The van der Waals surface area contributed by atoms with Crippen molar-refractivity contribution in [1.82, 2.24) is 5.32 Å². The van der Waals surface area contributed by atoms with E-state index in [0.717, 1.165) is 12.5 Å². The predicted octanol–water partition coefficient (Wildman–Crippen LogP) is 3.56. The number of esters is 1. The summed E-state index contributed by atoms with van der Waals surface area (Å²) in [6.07, 6.45) is 0.940. The molecular weight excluding hydrogens is 298 g/mol. The monoisotopic (exact) mass is 329 g/mol. The van der Waals surface area contributed by atoms with Gasteiger partial charge in [0, 0.05) is 8.07 Å². The lowest BCUT2D eigenvalue weighted by Gasteiger charge is -2.25. The first-order valence-corrected chi connectivity index (χ1v) is 11.8. The molecule has 1 aliphatic carbocycles. The lowest BCUT2D eigenvalue weighted by atomic mass is 10.1. The quantitative estimate of drug-likeness (QED) is 0.598. The van der Waals surface area contributed by atoms with Crippen molar-refractivity contribution in [2.45, 2.75) is 77.4 Å². The summed E-state index contributed by atoms with van der Waals surface area (Å²) in [4.78, 5) is 24.4. The molecule has 0 unspecified atom stereocenters. The van der Waals surface area contributed by atoms with Crippen LogP contribution >= 0.6 is 0 Å². The van der Waals surface area contributed by atoms with Gasteiger partial charge in [0.2, 0.25) is 0 Å². The molecule has 1 aliphatic rings. The van der Waals surface area contributed by atoms with E-state index in [2.05, 4.69) is 25.0 Å². The van der Waals surface area contributed by atoms with Gasteiger partial charge >= 0.3 is 12.1 Å². The number of hydrogen-bond donors (Lipinski definition) is 1. The van der Waals surface area contributed by atoms with Crippen LogP contribution in [0.5, 0.6) is 0 Å². The molecule has 1 fully saturated rings. The number of alkyl carbamates (subject to hydrolysis) is 1. The Labute approximate surface area is 135 Å². The van der Waals surface area contributed by atoms with Gasteiger partial charge in [0.15, 0.2) is 0 Å². The minimum absolute atomic E-state index is 0.131. The summed E-state index contributed by atoms with van der Waals surface area (Å²) in [7, 11) is -1.24. The van der Waals surface area contributed by atoms with E-state index in [1.807, 2.05) is 27.7 Å². The van der Waals surface area contributed by atoms with E-state index in [4.69, 9.17) is 9.47 Å². The Kier molecular flexibility index (Phi) is 5.70. The highest BCUT2D eigenvalue weighted by atomic mass is 28.3. The molecule has 128 valence electrons. The van der Waals surface area contributed by atoms with Crippen LogP contribution in [0.2, 0.25) is 25.7 Å². The summed E-state index contributed by atoms with van der Waals surface area (Å²) in [5.41, 5.74) is -1.45. The molecule has 0 bridgehead atoms. The standard InChI is InChI=1S/C16H31NO4Si/c1-8-12-11-16(12,13(18)21-15(2,3)4)17-14(19)20-9-10-22(5,6)7/h12H,8-11H2,1-7H3,(H,17,19)/t12-,16-/m0/s1. The van der Waals surface area contributed by atoms with Crippen molar-refractivity contribution in [3.8, 4) is 0 Å².